The van der Waals surface area contributed by atoms with Crippen LogP contribution in [0.15, 0.2) is 34.9 Å². The van der Waals surface area contributed by atoms with E-state index in [9.17, 15) is 14.0 Å². The summed E-state index contributed by atoms with van der Waals surface area (Å²) in [5.41, 5.74) is 0.659. The van der Waals surface area contributed by atoms with Gasteiger partial charge in [-0.15, -0.1) is 11.8 Å². The predicted molar refractivity (Wildman–Crippen MR) is 107 cm³/mol. The van der Waals surface area contributed by atoms with E-state index in [-0.39, 0.29) is 23.4 Å². The second-order valence-electron chi connectivity index (χ2n) is 5.76. The quantitative estimate of drug-likeness (QED) is 0.584. The van der Waals surface area contributed by atoms with Gasteiger partial charge in [-0.05, 0) is 25.5 Å². The zero-order valence-electron chi connectivity index (χ0n) is 15.2. The van der Waals surface area contributed by atoms with Crippen LogP contribution in [0.2, 0.25) is 0 Å². The van der Waals surface area contributed by atoms with E-state index in [1.807, 2.05) is 0 Å². The van der Waals surface area contributed by atoms with Crippen LogP contribution >= 0.6 is 23.5 Å². The Bertz CT molecular complexity index is 770. The Hall–Kier alpha value is -2.00. The van der Waals surface area contributed by atoms with Gasteiger partial charge < -0.3 is 15.2 Å². The molecule has 2 N–H and O–H groups in total. The molecule has 2 rings (SSSR count). The molecule has 0 saturated carbocycles. The lowest BCUT2D eigenvalue weighted by molar-refractivity contribution is -0.118. The van der Waals surface area contributed by atoms with Crippen molar-refractivity contribution in [2.75, 3.05) is 23.4 Å². The van der Waals surface area contributed by atoms with Crippen LogP contribution in [0.1, 0.15) is 18.2 Å². The second kappa shape index (κ2) is 11.0. The summed E-state index contributed by atoms with van der Waals surface area (Å²) in [6.07, 6.45) is 0. The van der Waals surface area contributed by atoms with Crippen LogP contribution in [0, 0.1) is 12.7 Å². The minimum atomic E-state index is -0.400. The number of halogens is 1. The normalized spacial score (nSPS) is 11.8. The minimum Gasteiger partial charge on any atom is -0.360 e. The molecule has 1 aromatic heterocycles. The van der Waals surface area contributed by atoms with E-state index in [1.54, 1.807) is 49.9 Å². The number of nitrogens with zero attached hydrogens (tertiary/aromatic N) is 1. The van der Waals surface area contributed by atoms with Crippen LogP contribution in [0.3, 0.4) is 0 Å². The number of aromatic nitrogens is 1. The summed E-state index contributed by atoms with van der Waals surface area (Å²) in [6.45, 7) is 3.96. The molecule has 0 spiro atoms. The Labute approximate surface area is 166 Å². The summed E-state index contributed by atoms with van der Waals surface area (Å²) in [6, 6.07) is 8.29. The van der Waals surface area contributed by atoms with Crippen LogP contribution in [-0.4, -0.2) is 40.3 Å². The first-order chi connectivity index (χ1) is 13.0. The number of hydrogen-bond donors (Lipinski definition) is 2. The molecule has 2 amide bonds. The van der Waals surface area contributed by atoms with Gasteiger partial charge in [0.25, 0.3) is 0 Å². The van der Waals surface area contributed by atoms with Crippen molar-refractivity contribution >= 4 is 41.2 Å². The highest BCUT2D eigenvalue weighted by molar-refractivity contribution is 8.01. The van der Waals surface area contributed by atoms with Gasteiger partial charge in [0.15, 0.2) is 5.82 Å². The number of carbonyl (C=O) groups is 2. The summed E-state index contributed by atoms with van der Waals surface area (Å²) in [5.74, 6) is 1.83. The molecule has 0 aliphatic rings. The number of thioether (sulfide) groups is 2. The van der Waals surface area contributed by atoms with Crippen LogP contribution in [-0.2, 0) is 15.3 Å². The fourth-order valence-electron chi connectivity index (χ4n) is 2.04. The third-order valence-corrected chi connectivity index (χ3v) is 5.65. The lowest BCUT2D eigenvalue weighted by Gasteiger charge is -2.10. The van der Waals surface area contributed by atoms with Crippen molar-refractivity contribution in [3.05, 3.63) is 47.5 Å². The number of carbonyl (C=O) groups excluding carboxylic acids is 2. The van der Waals surface area contributed by atoms with E-state index in [2.05, 4.69) is 15.8 Å². The van der Waals surface area contributed by atoms with E-state index in [0.717, 1.165) is 0 Å². The first kappa shape index (κ1) is 21.3. The molecular weight excluding hydrogens is 389 g/mol. The van der Waals surface area contributed by atoms with Crippen molar-refractivity contribution in [1.82, 2.24) is 10.5 Å². The van der Waals surface area contributed by atoms with Crippen LogP contribution in [0.5, 0.6) is 0 Å². The number of hydrogen-bond acceptors (Lipinski definition) is 6. The average molecular weight is 412 g/mol. The van der Waals surface area contributed by atoms with E-state index in [4.69, 9.17) is 4.52 Å². The summed E-state index contributed by atoms with van der Waals surface area (Å²) < 4.78 is 18.4. The Kier molecular flexibility index (Phi) is 8.66. The van der Waals surface area contributed by atoms with Gasteiger partial charge in [-0.2, -0.15) is 11.8 Å². The molecule has 0 saturated heterocycles. The van der Waals surface area contributed by atoms with Gasteiger partial charge >= 0.3 is 0 Å². The summed E-state index contributed by atoms with van der Waals surface area (Å²) in [7, 11) is 0. The van der Waals surface area contributed by atoms with E-state index in [1.165, 1.54) is 17.8 Å². The maximum atomic E-state index is 13.5. The zero-order valence-corrected chi connectivity index (χ0v) is 16.8. The standard InChI is InChI=1S/C18H22FN3O3S2/c1-12-9-16(22-25-12)21-18(24)13(2)27-11-17(23)20-7-8-26-10-14-5-3-4-6-15(14)19/h3-6,9,13H,7-8,10-11H2,1-2H3,(H,20,23)(H,21,22,24). The SMILES string of the molecule is Cc1cc(NC(=O)C(C)SCC(=O)NCCSCc2ccccc2F)no1. The topological polar surface area (TPSA) is 84.2 Å². The highest BCUT2D eigenvalue weighted by Gasteiger charge is 2.16. The number of rotatable bonds is 10. The monoisotopic (exact) mass is 411 g/mol. The van der Waals surface area contributed by atoms with Crippen LogP contribution in [0.4, 0.5) is 10.2 Å². The van der Waals surface area contributed by atoms with Crippen molar-refractivity contribution in [3.8, 4) is 0 Å². The molecule has 0 fully saturated rings. The van der Waals surface area contributed by atoms with Crippen molar-refractivity contribution in [2.45, 2.75) is 24.9 Å². The highest BCUT2D eigenvalue weighted by Crippen LogP contribution is 2.15. The van der Waals surface area contributed by atoms with Gasteiger partial charge in [-0.25, -0.2) is 4.39 Å². The maximum Gasteiger partial charge on any atom is 0.238 e. The molecule has 1 aromatic carbocycles. The molecule has 1 heterocycles. The fraction of sp³-hybridized carbons (Fsp3) is 0.389. The third-order valence-electron chi connectivity index (χ3n) is 3.50. The average Bonchev–Trinajstić information content (AvgIpc) is 3.05. The van der Waals surface area contributed by atoms with Gasteiger partial charge in [0.1, 0.15) is 11.6 Å². The molecule has 9 heteroatoms. The van der Waals surface area contributed by atoms with Crippen LogP contribution < -0.4 is 10.6 Å². The molecule has 2 aromatic rings. The number of nitrogens with one attached hydrogen (secondary N) is 2. The van der Waals surface area contributed by atoms with Crippen molar-refractivity contribution in [2.24, 2.45) is 0 Å². The summed E-state index contributed by atoms with van der Waals surface area (Å²) in [4.78, 5) is 23.9. The molecule has 27 heavy (non-hydrogen) atoms. The predicted octanol–water partition coefficient (Wildman–Crippen LogP) is 3.23. The smallest absolute Gasteiger partial charge is 0.238 e. The van der Waals surface area contributed by atoms with Gasteiger partial charge in [-0.1, -0.05) is 23.4 Å². The molecule has 0 aliphatic carbocycles. The van der Waals surface area contributed by atoms with Gasteiger partial charge in [0.2, 0.25) is 11.8 Å². The minimum absolute atomic E-state index is 0.136. The number of benzene rings is 1. The number of anilines is 1. The van der Waals surface area contributed by atoms with E-state index < -0.39 is 5.25 Å². The first-order valence-corrected chi connectivity index (χ1v) is 10.6. The lowest BCUT2D eigenvalue weighted by Crippen LogP contribution is -2.30. The molecule has 146 valence electrons. The van der Waals surface area contributed by atoms with Gasteiger partial charge in [0.05, 0.1) is 11.0 Å². The first-order valence-electron chi connectivity index (χ1n) is 8.39. The van der Waals surface area contributed by atoms with Crippen molar-refractivity contribution < 1.29 is 18.5 Å². The largest absolute Gasteiger partial charge is 0.360 e. The molecule has 1 atom stereocenters. The molecule has 0 radical (unpaired) electrons. The Morgan fingerprint density at radius 2 is 2.11 bits per heavy atom. The maximum absolute atomic E-state index is 13.5. The van der Waals surface area contributed by atoms with Gasteiger partial charge in [-0.3, -0.25) is 9.59 Å². The summed E-state index contributed by atoms with van der Waals surface area (Å²) in [5, 5.41) is 8.73. The molecular formula is C18H22FN3O3S2. The highest BCUT2D eigenvalue weighted by atomic mass is 32.2. The zero-order chi connectivity index (χ0) is 19.6. The second-order valence-corrected chi connectivity index (χ2v) is 8.19. The van der Waals surface area contributed by atoms with E-state index in [0.29, 0.717) is 35.2 Å². The molecule has 6 nitrogen and oxygen atoms in total. The van der Waals surface area contributed by atoms with Crippen LogP contribution in [0.25, 0.3) is 0 Å². The number of aryl methyl sites for hydroxylation is 1. The molecule has 1 unspecified atom stereocenters. The Balaban J connectivity index is 1.57. The third kappa shape index (κ3) is 7.64. The fourth-order valence-corrected chi connectivity index (χ4v) is 3.60. The van der Waals surface area contributed by atoms with E-state index >= 15 is 0 Å². The number of amides is 2. The lowest BCUT2D eigenvalue weighted by atomic mass is 10.2. The van der Waals surface area contributed by atoms with Crippen molar-refractivity contribution in [1.29, 1.82) is 0 Å². The Morgan fingerprint density at radius 1 is 1.33 bits per heavy atom. The van der Waals surface area contributed by atoms with Gasteiger partial charge in [0, 0.05) is 24.1 Å². The molecule has 0 aliphatic heterocycles. The summed E-state index contributed by atoms with van der Waals surface area (Å²) >= 11 is 2.80. The molecule has 0 bridgehead atoms. The van der Waals surface area contributed by atoms with Crippen molar-refractivity contribution in [3.63, 3.8) is 0 Å². The Morgan fingerprint density at radius 3 is 2.81 bits per heavy atom.